The molecule has 0 spiro atoms. The number of carbonyl (C=O) groups excluding carboxylic acids is 2. The Hall–Kier alpha value is -2.88. The second-order valence-electron chi connectivity index (χ2n) is 4.67. The average Bonchev–Trinajstić information content (AvgIpc) is 2.85. The van der Waals surface area contributed by atoms with Crippen molar-refractivity contribution in [3.8, 4) is 5.75 Å². The number of carbonyl (C=O) groups is 3. The van der Waals surface area contributed by atoms with Gasteiger partial charge in [0, 0.05) is 0 Å². The van der Waals surface area contributed by atoms with E-state index in [4.69, 9.17) is 15.6 Å². The fourth-order valence-corrected chi connectivity index (χ4v) is 2.61. The number of hydrogen-bond donors (Lipinski definition) is 3. The summed E-state index contributed by atoms with van der Waals surface area (Å²) in [6, 6.07) is 6.69. The molecule has 0 saturated carbocycles. The van der Waals surface area contributed by atoms with Gasteiger partial charge in [-0.2, -0.15) is 5.10 Å². The first-order chi connectivity index (χ1) is 11.4. The number of ether oxygens (including phenoxy) is 1. The molecule has 10 heteroatoms. The molecule has 9 nitrogen and oxygen atoms in total. The molecular formula is C14H14N4O5S. The van der Waals surface area contributed by atoms with Gasteiger partial charge in [0.05, 0.1) is 12.6 Å². The van der Waals surface area contributed by atoms with Gasteiger partial charge in [-0.3, -0.25) is 14.4 Å². The molecule has 1 unspecified atom stereocenters. The zero-order valence-electron chi connectivity index (χ0n) is 12.3. The molecule has 2 amide bonds. The van der Waals surface area contributed by atoms with Crippen LogP contribution in [0.15, 0.2) is 34.5 Å². The summed E-state index contributed by atoms with van der Waals surface area (Å²) in [5, 5.41) is 18.4. The molecule has 1 aliphatic rings. The van der Waals surface area contributed by atoms with Crippen molar-refractivity contribution in [3.05, 3.63) is 29.8 Å². The smallest absolute Gasteiger partial charge is 0.305 e. The third-order valence-corrected chi connectivity index (χ3v) is 3.83. The lowest BCUT2D eigenvalue weighted by molar-refractivity contribution is -0.138. The Morgan fingerprint density at radius 2 is 2.08 bits per heavy atom. The van der Waals surface area contributed by atoms with Crippen LogP contribution in [0.1, 0.15) is 12.0 Å². The number of rotatable bonds is 7. The average molecular weight is 350 g/mol. The Kier molecular flexibility index (Phi) is 5.90. The highest BCUT2D eigenvalue weighted by Crippen LogP contribution is 2.22. The summed E-state index contributed by atoms with van der Waals surface area (Å²) in [5.74, 6) is -1.51. The molecule has 2 rings (SSSR count). The Balaban J connectivity index is 1.90. The van der Waals surface area contributed by atoms with Gasteiger partial charge in [0.1, 0.15) is 11.0 Å². The number of nitrogens with one attached hydrogen (secondary N) is 1. The van der Waals surface area contributed by atoms with Gasteiger partial charge in [0.2, 0.25) is 5.91 Å². The maximum absolute atomic E-state index is 11.5. The molecule has 24 heavy (non-hydrogen) atoms. The van der Waals surface area contributed by atoms with E-state index in [2.05, 4.69) is 15.5 Å². The van der Waals surface area contributed by atoms with Crippen LogP contribution in [0.5, 0.6) is 5.75 Å². The van der Waals surface area contributed by atoms with Crippen LogP contribution in [0.25, 0.3) is 0 Å². The van der Waals surface area contributed by atoms with Crippen molar-refractivity contribution >= 4 is 40.9 Å². The van der Waals surface area contributed by atoms with Crippen molar-refractivity contribution in [1.29, 1.82) is 0 Å². The number of nitrogens with two attached hydrogens (primary N) is 1. The standard InChI is InChI=1S/C14H14N4O5S/c15-11(19)7-23-9-3-1-8(2-4-9)6-16-18-14-17-13(22)10(24-14)5-12(20)21/h1-4,6,10H,5,7H2,(H2,15,19)(H,20,21)(H,17,18,22). The molecule has 1 aromatic rings. The molecule has 0 aromatic heterocycles. The first-order valence-corrected chi connectivity index (χ1v) is 7.63. The second-order valence-corrected chi connectivity index (χ2v) is 5.86. The number of primary amides is 1. The van der Waals surface area contributed by atoms with Crippen molar-refractivity contribution in [3.63, 3.8) is 0 Å². The predicted molar refractivity (Wildman–Crippen MR) is 87.9 cm³/mol. The topological polar surface area (TPSA) is 143 Å². The maximum Gasteiger partial charge on any atom is 0.305 e. The van der Waals surface area contributed by atoms with Crippen molar-refractivity contribution in [2.45, 2.75) is 11.7 Å². The van der Waals surface area contributed by atoms with Crippen LogP contribution in [-0.2, 0) is 14.4 Å². The van der Waals surface area contributed by atoms with Gasteiger partial charge in [-0.15, -0.1) is 5.10 Å². The number of amidine groups is 1. The highest BCUT2D eigenvalue weighted by Gasteiger charge is 2.32. The summed E-state index contributed by atoms with van der Waals surface area (Å²) >= 11 is 1.02. The largest absolute Gasteiger partial charge is 0.484 e. The summed E-state index contributed by atoms with van der Waals surface area (Å²) in [6.45, 7) is -0.199. The summed E-state index contributed by atoms with van der Waals surface area (Å²) < 4.78 is 5.12. The first kappa shape index (κ1) is 17.5. The highest BCUT2D eigenvalue weighted by molar-refractivity contribution is 8.15. The van der Waals surface area contributed by atoms with Crippen molar-refractivity contribution in [2.75, 3.05) is 6.61 Å². The fraction of sp³-hybridized carbons (Fsp3) is 0.214. The summed E-state index contributed by atoms with van der Waals surface area (Å²) in [6.07, 6.45) is 1.19. The van der Waals surface area contributed by atoms with Crippen LogP contribution in [0, 0.1) is 0 Å². The number of thioether (sulfide) groups is 1. The summed E-state index contributed by atoms with van der Waals surface area (Å²) in [4.78, 5) is 32.8. The minimum Gasteiger partial charge on any atom is -0.484 e. The van der Waals surface area contributed by atoms with Gasteiger partial charge in [-0.05, 0) is 29.8 Å². The number of nitrogens with zero attached hydrogens (tertiary/aromatic N) is 2. The van der Waals surface area contributed by atoms with Gasteiger partial charge in [0.25, 0.3) is 5.91 Å². The van der Waals surface area contributed by atoms with Crippen LogP contribution in [0.4, 0.5) is 0 Å². The number of benzene rings is 1. The minimum absolute atomic E-state index is 0.199. The molecule has 1 fully saturated rings. The van der Waals surface area contributed by atoms with Gasteiger partial charge >= 0.3 is 5.97 Å². The van der Waals surface area contributed by atoms with Gasteiger partial charge in [-0.1, -0.05) is 11.8 Å². The monoisotopic (exact) mass is 350 g/mol. The van der Waals surface area contributed by atoms with Gasteiger partial charge in [-0.25, -0.2) is 0 Å². The second kappa shape index (κ2) is 8.11. The quantitative estimate of drug-likeness (QED) is 0.464. The van der Waals surface area contributed by atoms with E-state index in [9.17, 15) is 14.4 Å². The molecule has 126 valence electrons. The van der Waals surface area contributed by atoms with E-state index in [1.807, 2.05) is 0 Å². The zero-order valence-corrected chi connectivity index (χ0v) is 13.2. The number of hydrogen-bond acceptors (Lipinski definition) is 7. The van der Waals surface area contributed by atoms with E-state index in [0.29, 0.717) is 5.75 Å². The lowest BCUT2D eigenvalue weighted by Gasteiger charge is -2.02. The fourth-order valence-electron chi connectivity index (χ4n) is 1.70. The van der Waals surface area contributed by atoms with Crippen molar-refractivity contribution < 1.29 is 24.2 Å². The molecule has 1 atom stereocenters. The minimum atomic E-state index is -1.05. The number of aliphatic carboxylic acids is 1. The van der Waals surface area contributed by atoms with E-state index < -0.39 is 23.0 Å². The zero-order chi connectivity index (χ0) is 17.5. The lowest BCUT2D eigenvalue weighted by atomic mass is 10.2. The number of carboxylic acids is 1. The van der Waals surface area contributed by atoms with E-state index in [-0.39, 0.29) is 18.2 Å². The molecule has 1 saturated heterocycles. The lowest BCUT2D eigenvalue weighted by Crippen LogP contribution is -2.26. The Morgan fingerprint density at radius 1 is 1.38 bits per heavy atom. The molecule has 1 heterocycles. The SMILES string of the molecule is NC(=O)COc1ccc(C=NN=C2NC(=O)C(CC(=O)O)S2)cc1. The van der Waals surface area contributed by atoms with E-state index in [1.54, 1.807) is 24.3 Å². The molecule has 0 radical (unpaired) electrons. The first-order valence-electron chi connectivity index (χ1n) is 6.75. The van der Waals surface area contributed by atoms with Crippen LogP contribution >= 0.6 is 11.8 Å². The molecule has 0 aliphatic carbocycles. The van der Waals surface area contributed by atoms with E-state index in [1.165, 1.54) is 6.21 Å². The Labute approximate surface area is 141 Å². The third kappa shape index (κ3) is 5.39. The predicted octanol–water partition coefficient (Wildman–Crippen LogP) is -0.0531. The van der Waals surface area contributed by atoms with Crippen LogP contribution < -0.4 is 15.8 Å². The highest BCUT2D eigenvalue weighted by atomic mass is 32.2. The van der Waals surface area contributed by atoms with Crippen LogP contribution in [0.3, 0.4) is 0 Å². The summed E-state index contributed by atoms with van der Waals surface area (Å²) in [7, 11) is 0. The normalized spacial score (nSPS) is 18.8. The van der Waals surface area contributed by atoms with Crippen LogP contribution in [-0.4, -0.2) is 46.1 Å². The number of amides is 2. The van der Waals surface area contributed by atoms with Crippen molar-refractivity contribution in [1.82, 2.24) is 5.32 Å². The molecule has 4 N–H and O–H groups in total. The Bertz CT molecular complexity index is 702. The van der Waals surface area contributed by atoms with Gasteiger partial charge in [0.15, 0.2) is 11.8 Å². The molecule has 1 aromatic carbocycles. The maximum atomic E-state index is 11.5. The molecule has 0 bridgehead atoms. The summed E-state index contributed by atoms with van der Waals surface area (Å²) in [5.41, 5.74) is 5.70. The number of carboxylic acid groups (broad SMARTS) is 1. The third-order valence-electron chi connectivity index (χ3n) is 2.75. The van der Waals surface area contributed by atoms with E-state index >= 15 is 0 Å². The molecule has 1 aliphatic heterocycles. The van der Waals surface area contributed by atoms with Gasteiger partial charge < -0.3 is 20.9 Å². The Morgan fingerprint density at radius 3 is 2.71 bits per heavy atom. The van der Waals surface area contributed by atoms with Crippen LogP contribution in [0.2, 0.25) is 0 Å². The van der Waals surface area contributed by atoms with Crippen molar-refractivity contribution in [2.24, 2.45) is 15.9 Å². The van der Waals surface area contributed by atoms with E-state index in [0.717, 1.165) is 17.3 Å². The molecular weight excluding hydrogens is 336 g/mol.